The maximum atomic E-state index is 12.9. The van der Waals surface area contributed by atoms with E-state index in [-0.39, 0.29) is 11.0 Å². The Kier molecular flexibility index (Phi) is 3.65. The van der Waals surface area contributed by atoms with Gasteiger partial charge in [-0.3, -0.25) is 0 Å². The van der Waals surface area contributed by atoms with Crippen molar-refractivity contribution in [1.82, 2.24) is 4.31 Å². The summed E-state index contributed by atoms with van der Waals surface area (Å²) in [6, 6.07) is 6.29. The first-order valence-corrected chi connectivity index (χ1v) is 8.04. The zero-order valence-electron chi connectivity index (χ0n) is 12.9. The van der Waals surface area contributed by atoms with E-state index in [4.69, 9.17) is 0 Å². The lowest BCUT2D eigenvalue weighted by Crippen LogP contribution is -2.56. The molecule has 19 heavy (non-hydrogen) atoms. The average Bonchev–Trinajstić information content (AvgIpc) is 2.26. The van der Waals surface area contributed by atoms with Crippen molar-refractivity contribution in [2.75, 3.05) is 6.54 Å². The second-order valence-electron chi connectivity index (χ2n) is 7.16. The predicted molar refractivity (Wildman–Crippen MR) is 81.7 cm³/mol. The molecule has 0 amide bonds. The average molecular weight is 279 g/mol. The predicted octanol–water partition coefficient (Wildman–Crippen LogP) is 3.80. The van der Waals surface area contributed by atoms with Crippen LogP contribution in [0, 0.1) is 6.92 Å². The Morgan fingerprint density at radius 3 is 2.32 bits per heavy atom. The highest BCUT2D eigenvalue weighted by Gasteiger charge is 2.41. The summed E-state index contributed by atoms with van der Waals surface area (Å²) in [6.07, 6.45) is 1.12. The van der Waals surface area contributed by atoms with E-state index in [1.54, 1.807) is 0 Å². The minimum atomic E-state index is -1.04. The standard InChI is InChI=1S/C16H25NOS/c1-12-7-8-14(13(11-12)15(2,3)4)19(18)17-10-9-16(17,5)6/h7-8,11H,9-10H2,1-6H3. The molecule has 1 aromatic rings. The number of hydrogen-bond acceptors (Lipinski definition) is 1. The first-order chi connectivity index (χ1) is 8.63. The molecular weight excluding hydrogens is 254 g/mol. The van der Waals surface area contributed by atoms with Gasteiger partial charge in [0.05, 0.1) is 4.90 Å². The molecular formula is C16H25NOS. The fourth-order valence-corrected chi connectivity index (χ4v) is 4.23. The van der Waals surface area contributed by atoms with Gasteiger partial charge in [0, 0.05) is 12.1 Å². The summed E-state index contributed by atoms with van der Waals surface area (Å²) >= 11 is 0. The molecule has 1 atom stereocenters. The Morgan fingerprint density at radius 2 is 1.89 bits per heavy atom. The monoisotopic (exact) mass is 279 g/mol. The van der Waals surface area contributed by atoms with Gasteiger partial charge >= 0.3 is 0 Å². The zero-order chi connectivity index (χ0) is 14.4. The lowest BCUT2D eigenvalue weighted by atomic mass is 9.86. The summed E-state index contributed by atoms with van der Waals surface area (Å²) in [5.41, 5.74) is 2.51. The maximum absolute atomic E-state index is 12.9. The van der Waals surface area contributed by atoms with Gasteiger partial charge in [-0.05, 0) is 44.2 Å². The van der Waals surface area contributed by atoms with Gasteiger partial charge in [-0.2, -0.15) is 0 Å². The first-order valence-electron chi connectivity index (χ1n) is 6.93. The van der Waals surface area contributed by atoms with Crippen LogP contribution in [0.3, 0.4) is 0 Å². The first kappa shape index (κ1) is 14.7. The van der Waals surface area contributed by atoms with Crippen molar-refractivity contribution in [3.8, 4) is 0 Å². The van der Waals surface area contributed by atoms with Crippen LogP contribution in [0.15, 0.2) is 23.1 Å². The van der Waals surface area contributed by atoms with Crippen molar-refractivity contribution in [3.05, 3.63) is 29.3 Å². The molecule has 1 aliphatic rings. The molecule has 106 valence electrons. The third-order valence-corrected chi connectivity index (χ3v) is 5.74. The van der Waals surface area contributed by atoms with Gasteiger partial charge in [-0.25, -0.2) is 8.51 Å². The molecule has 1 unspecified atom stereocenters. The van der Waals surface area contributed by atoms with Crippen LogP contribution < -0.4 is 0 Å². The van der Waals surface area contributed by atoms with Gasteiger partial charge in [0.2, 0.25) is 0 Å². The molecule has 0 saturated carbocycles. The molecule has 1 heterocycles. The third kappa shape index (κ3) is 2.77. The van der Waals surface area contributed by atoms with Gasteiger partial charge in [-0.15, -0.1) is 0 Å². The smallest absolute Gasteiger partial charge is 0.128 e. The number of nitrogens with zero attached hydrogens (tertiary/aromatic N) is 1. The molecule has 0 bridgehead atoms. The zero-order valence-corrected chi connectivity index (χ0v) is 13.7. The lowest BCUT2D eigenvalue weighted by Gasteiger charge is -2.47. The van der Waals surface area contributed by atoms with E-state index in [2.05, 4.69) is 58.0 Å². The molecule has 0 radical (unpaired) electrons. The number of aryl methyl sites for hydroxylation is 1. The van der Waals surface area contributed by atoms with E-state index in [0.717, 1.165) is 17.9 Å². The van der Waals surface area contributed by atoms with Crippen LogP contribution >= 0.6 is 0 Å². The van der Waals surface area contributed by atoms with Crippen LogP contribution in [-0.2, 0) is 16.4 Å². The summed E-state index contributed by atoms with van der Waals surface area (Å²) < 4.78 is 15.0. The molecule has 0 aliphatic carbocycles. The van der Waals surface area contributed by atoms with Crippen LogP contribution in [0.4, 0.5) is 0 Å². The summed E-state index contributed by atoms with van der Waals surface area (Å²) in [5, 5.41) is 0. The van der Waals surface area contributed by atoms with Gasteiger partial charge < -0.3 is 0 Å². The van der Waals surface area contributed by atoms with Crippen LogP contribution in [0.2, 0.25) is 0 Å². The van der Waals surface area contributed by atoms with Crippen molar-refractivity contribution < 1.29 is 4.21 Å². The molecule has 2 nitrogen and oxygen atoms in total. The summed E-state index contributed by atoms with van der Waals surface area (Å²) in [6.45, 7) is 13.9. The van der Waals surface area contributed by atoms with Crippen LogP contribution in [0.1, 0.15) is 52.2 Å². The van der Waals surface area contributed by atoms with E-state index in [0.29, 0.717) is 0 Å². The Morgan fingerprint density at radius 1 is 1.26 bits per heavy atom. The highest BCUT2D eigenvalue weighted by Crippen LogP contribution is 2.36. The van der Waals surface area contributed by atoms with E-state index < -0.39 is 11.0 Å². The van der Waals surface area contributed by atoms with Gasteiger partial charge in [-0.1, -0.05) is 38.5 Å². The van der Waals surface area contributed by atoms with Crippen LogP contribution in [-0.4, -0.2) is 20.6 Å². The van der Waals surface area contributed by atoms with Gasteiger partial charge in [0.1, 0.15) is 11.0 Å². The Balaban J connectivity index is 2.43. The van der Waals surface area contributed by atoms with Crippen molar-refractivity contribution >= 4 is 11.0 Å². The normalized spacial score (nSPS) is 20.9. The molecule has 0 spiro atoms. The Labute approximate surface area is 119 Å². The van der Waals surface area contributed by atoms with Gasteiger partial charge in [0.15, 0.2) is 0 Å². The van der Waals surface area contributed by atoms with E-state index in [9.17, 15) is 4.21 Å². The van der Waals surface area contributed by atoms with E-state index in [1.807, 2.05) is 6.07 Å². The topological polar surface area (TPSA) is 20.3 Å². The SMILES string of the molecule is Cc1ccc(S(=O)N2CCC2(C)C)c(C(C)(C)C)c1. The van der Waals surface area contributed by atoms with E-state index in [1.165, 1.54) is 11.1 Å². The number of benzene rings is 1. The molecule has 1 aromatic carbocycles. The Hall–Kier alpha value is -0.670. The van der Waals surface area contributed by atoms with Crippen molar-refractivity contribution in [2.24, 2.45) is 0 Å². The lowest BCUT2D eigenvalue weighted by molar-refractivity contribution is 0.118. The molecule has 1 saturated heterocycles. The third-order valence-electron chi connectivity index (χ3n) is 3.93. The highest BCUT2D eigenvalue weighted by atomic mass is 32.2. The summed E-state index contributed by atoms with van der Waals surface area (Å²) in [4.78, 5) is 0.978. The summed E-state index contributed by atoms with van der Waals surface area (Å²) in [5.74, 6) is 0. The fraction of sp³-hybridized carbons (Fsp3) is 0.625. The highest BCUT2D eigenvalue weighted by molar-refractivity contribution is 7.82. The minimum Gasteiger partial charge on any atom is -0.237 e. The number of rotatable bonds is 2. The molecule has 3 heteroatoms. The van der Waals surface area contributed by atoms with E-state index >= 15 is 0 Å². The fourth-order valence-electron chi connectivity index (χ4n) is 2.46. The van der Waals surface area contributed by atoms with Crippen molar-refractivity contribution in [2.45, 2.75) is 63.8 Å². The van der Waals surface area contributed by atoms with Gasteiger partial charge in [0.25, 0.3) is 0 Å². The van der Waals surface area contributed by atoms with Crippen LogP contribution in [0.5, 0.6) is 0 Å². The van der Waals surface area contributed by atoms with Crippen molar-refractivity contribution in [1.29, 1.82) is 0 Å². The van der Waals surface area contributed by atoms with Crippen LogP contribution in [0.25, 0.3) is 0 Å². The maximum Gasteiger partial charge on any atom is 0.128 e. The van der Waals surface area contributed by atoms with Crippen molar-refractivity contribution in [3.63, 3.8) is 0 Å². The minimum absolute atomic E-state index is 0.0199. The number of hydrogen-bond donors (Lipinski definition) is 0. The molecule has 1 fully saturated rings. The quantitative estimate of drug-likeness (QED) is 0.806. The second-order valence-corrected chi connectivity index (χ2v) is 8.54. The molecule has 0 aromatic heterocycles. The second kappa shape index (κ2) is 4.71. The molecule has 1 aliphatic heterocycles. The molecule has 0 N–H and O–H groups in total. The largest absolute Gasteiger partial charge is 0.237 e. The Bertz CT molecular complexity index is 514. The molecule has 2 rings (SSSR count). The summed E-state index contributed by atoms with van der Waals surface area (Å²) in [7, 11) is -1.04.